The largest absolute Gasteiger partial charge is 0.370 e. The molecule has 1 heterocycles. The van der Waals surface area contributed by atoms with Gasteiger partial charge in [0.05, 0.1) is 0 Å². The number of carbonyl (C=O) groups excluding carboxylic acids is 2. The van der Waals surface area contributed by atoms with Crippen LogP contribution in [0, 0.1) is 0 Å². The van der Waals surface area contributed by atoms with Crippen molar-refractivity contribution in [2.45, 2.75) is 6.92 Å². The molecule has 104 valence electrons. The minimum Gasteiger partial charge on any atom is -0.370 e. The lowest BCUT2D eigenvalue weighted by atomic mass is 10.2. The fraction of sp³-hybridized carbons (Fsp3) is 0.154. The molecular weight excluding hydrogens is 258 g/mol. The number of hydrogen-bond acceptors (Lipinski definition) is 3. The van der Waals surface area contributed by atoms with E-state index in [1.165, 1.54) is 14.0 Å². The quantitative estimate of drug-likeness (QED) is 0.479. The Balaban J connectivity index is 2.29. The molecule has 0 aliphatic heterocycles. The zero-order chi connectivity index (χ0) is 14.7. The van der Waals surface area contributed by atoms with E-state index in [4.69, 9.17) is 5.73 Å². The maximum absolute atomic E-state index is 11.9. The van der Waals surface area contributed by atoms with Crippen molar-refractivity contribution in [2.75, 3.05) is 12.4 Å². The van der Waals surface area contributed by atoms with E-state index >= 15 is 0 Å². The lowest BCUT2D eigenvalue weighted by Crippen LogP contribution is -2.36. The molecule has 0 fully saturated rings. The number of nitrogens with zero attached hydrogens (tertiary/aromatic N) is 1. The molecule has 0 unspecified atom stereocenters. The van der Waals surface area contributed by atoms with Crippen LogP contribution in [0.5, 0.6) is 0 Å². The van der Waals surface area contributed by atoms with E-state index in [1.54, 1.807) is 24.3 Å². The highest BCUT2D eigenvalue weighted by Gasteiger charge is 2.10. The average molecular weight is 273 g/mol. The van der Waals surface area contributed by atoms with Crippen LogP contribution < -0.4 is 16.4 Å². The highest BCUT2D eigenvalue weighted by Crippen LogP contribution is 2.20. The van der Waals surface area contributed by atoms with Crippen molar-refractivity contribution in [3.05, 3.63) is 30.0 Å². The second-order valence-electron chi connectivity index (χ2n) is 4.23. The monoisotopic (exact) mass is 273 g/mol. The molecule has 7 heteroatoms. The maximum Gasteiger partial charge on any atom is 0.274 e. The summed E-state index contributed by atoms with van der Waals surface area (Å²) in [5.74, 6) is -0.470. The summed E-state index contributed by atoms with van der Waals surface area (Å²) in [4.78, 5) is 29.5. The molecule has 5 N–H and O–H groups in total. The van der Waals surface area contributed by atoms with Crippen molar-refractivity contribution < 1.29 is 9.59 Å². The summed E-state index contributed by atoms with van der Waals surface area (Å²) in [5.41, 5.74) is 7.27. The van der Waals surface area contributed by atoms with Crippen molar-refractivity contribution in [1.82, 2.24) is 10.3 Å². The van der Waals surface area contributed by atoms with Crippen molar-refractivity contribution in [3.63, 3.8) is 0 Å². The van der Waals surface area contributed by atoms with Gasteiger partial charge in [0.25, 0.3) is 5.91 Å². The number of aromatic nitrogens is 1. The van der Waals surface area contributed by atoms with E-state index in [2.05, 4.69) is 20.6 Å². The summed E-state index contributed by atoms with van der Waals surface area (Å²) in [6.07, 6.45) is 0. The predicted octanol–water partition coefficient (Wildman–Crippen LogP) is 0.801. The number of anilines is 1. The van der Waals surface area contributed by atoms with Gasteiger partial charge >= 0.3 is 0 Å². The van der Waals surface area contributed by atoms with Crippen molar-refractivity contribution in [1.29, 1.82) is 0 Å². The molecule has 0 saturated heterocycles. The van der Waals surface area contributed by atoms with Crippen LogP contribution in [0.4, 0.5) is 5.69 Å². The number of carbonyl (C=O) groups is 2. The summed E-state index contributed by atoms with van der Waals surface area (Å²) in [7, 11) is 1.49. The van der Waals surface area contributed by atoms with Crippen LogP contribution in [-0.4, -0.2) is 29.8 Å². The third kappa shape index (κ3) is 2.94. The lowest BCUT2D eigenvalue weighted by Gasteiger charge is -2.00. The Bertz CT molecular complexity index is 702. The number of nitrogens with two attached hydrogens (primary N) is 1. The van der Waals surface area contributed by atoms with Crippen LogP contribution >= 0.6 is 0 Å². The van der Waals surface area contributed by atoms with Crippen LogP contribution in [0.3, 0.4) is 0 Å². The molecule has 2 amide bonds. The number of benzene rings is 1. The molecule has 1 aromatic carbocycles. The highest BCUT2D eigenvalue weighted by atomic mass is 16.2. The van der Waals surface area contributed by atoms with Crippen LogP contribution in [0.15, 0.2) is 29.3 Å². The van der Waals surface area contributed by atoms with Gasteiger partial charge < -0.3 is 16.0 Å². The second kappa shape index (κ2) is 5.43. The second-order valence-corrected chi connectivity index (χ2v) is 4.23. The lowest BCUT2D eigenvalue weighted by molar-refractivity contribution is -0.114. The first-order valence-electron chi connectivity index (χ1n) is 5.93. The highest BCUT2D eigenvalue weighted by molar-refractivity contribution is 6.06. The normalized spacial score (nSPS) is 11.4. The molecule has 2 aromatic rings. The molecule has 0 aliphatic carbocycles. The van der Waals surface area contributed by atoms with E-state index in [9.17, 15) is 9.59 Å². The minimum atomic E-state index is -0.370. The molecule has 0 spiro atoms. The van der Waals surface area contributed by atoms with Crippen molar-refractivity contribution in [3.8, 4) is 0 Å². The first kappa shape index (κ1) is 13.6. The predicted molar refractivity (Wildman–Crippen MR) is 77.6 cm³/mol. The van der Waals surface area contributed by atoms with Gasteiger partial charge in [-0.3, -0.25) is 19.9 Å². The van der Waals surface area contributed by atoms with E-state index in [-0.39, 0.29) is 17.8 Å². The Morgan fingerprint density at radius 1 is 1.30 bits per heavy atom. The SMILES string of the molecule is CN=C(N)NC(=O)c1cc2cc(NC(C)=O)ccc2[nH]1. The Morgan fingerprint density at radius 2 is 2.05 bits per heavy atom. The van der Waals surface area contributed by atoms with Crippen LogP contribution in [0.25, 0.3) is 10.9 Å². The first-order chi connectivity index (χ1) is 9.49. The van der Waals surface area contributed by atoms with Gasteiger partial charge in [0, 0.05) is 30.6 Å². The fourth-order valence-corrected chi connectivity index (χ4v) is 1.78. The molecule has 0 saturated carbocycles. The van der Waals surface area contributed by atoms with Crippen LogP contribution in [-0.2, 0) is 4.79 Å². The first-order valence-corrected chi connectivity index (χ1v) is 5.93. The molecule has 7 nitrogen and oxygen atoms in total. The van der Waals surface area contributed by atoms with Gasteiger partial charge in [-0.05, 0) is 24.3 Å². The number of guanidine groups is 1. The zero-order valence-electron chi connectivity index (χ0n) is 11.2. The molecule has 0 radical (unpaired) electrons. The van der Waals surface area contributed by atoms with E-state index in [0.717, 1.165) is 10.9 Å². The van der Waals surface area contributed by atoms with Gasteiger partial charge in [0.1, 0.15) is 5.69 Å². The minimum absolute atomic E-state index is 0.0487. The van der Waals surface area contributed by atoms with Gasteiger partial charge in [-0.15, -0.1) is 0 Å². The van der Waals surface area contributed by atoms with Gasteiger partial charge in [0.2, 0.25) is 5.91 Å². The van der Waals surface area contributed by atoms with Gasteiger partial charge in [-0.1, -0.05) is 0 Å². The fourth-order valence-electron chi connectivity index (χ4n) is 1.78. The molecule has 0 atom stereocenters. The standard InChI is InChI=1S/C13H15N5O2/c1-7(19)16-9-3-4-10-8(5-9)6-11(17-10)12(20)18-13(14)15-2/h3-6,17H,1-2H3,(H,16,19)(H3,14,15,18,20). The van der Waals surface area contributed by atoms with Crippen molar-refractivity contribution in [2.24, 2.45) is 10.7 Å². The third-order valence-corrected chi connectivity index (χ3v) is 2.67. The molecular formula is C13H15N5O2. The Morgan fingerprint density at radius 3 is 2.70 bits per heavy atom. The summed E-state index contributed by atoms with van der Waals surface area (Å²) in [6, 6.07) is 7.00. The molecule has 2 rings (SSSR count). The summed E-state index contributed by atoms with van der Waals surface area (Å²) in [5, 5.41) is 5.94. The average Bonchev–Trinajstić information content (AvgIpc) is 2.81. The van der Waals surface area contributed by atoms with E-state index in [0.29, 0.717) is 11.4 Å². The van der Waals surface area contributed by atoms with E-state index < -0.39 is 0 Å². The maximum atomic E-state index is 11.9. The number of aromatic amines is 1. The van der Waals surface area contributed by atoms with Crippen LogP contribution in [0.2, 0.25) is 0 Å². The van der Waals surface area contributed by atoms with Gasteiger partial charge in [-0.2, -0.15) is 0 Å². The summed E-state index contributed by atoms with van der Waals surface area (Å²) in [6.45, 7) is 1.44. The Kier molecular flexibility index (Phi) is 3.69. The number of amides is 2. The number of nitrogens with one attached hydrogen (secondary N) is 3. The summed E-state index contributed by atoms with van der Waals surface area (Å²) >= 11 is 0. The molecule has 1 aromatic heterocycles. The zero-order valence-corrected chi connectivity index (χ0v) is 11.2. The Labute approximate surface area is 115 Å². The van der Waals surface area contributed by atoms with E-state index in [1.807, 2.05) is 0 Å². The smallest absolute Gasteiger partial charge is 0.274 e. The molecule has 0 aliphatic rings. The molecule has 20 heavy (non-hydrogen) atoms. The van der Waals surface area contributed by atoms with Gasteiger partial charge in [0.15, 0.2) is 5.96 Å². The van der Waals surface area contributed by atoms with Crippen LogP contribution in [0.1, 0.15) is 17.4 Å². The summed E-state index contributed by atoms with van der Waals surface area (Å²) < 4.78 is 0. The third-order valence-electron chi connectivity index (χ3n) is 2.67. The number of fused-ring (bicyclic) bond motifs is 1. The number of rotatable bonds is 2. The number of hydrogen-bond donors (Lipinski definition) is 4. The number of aliphatic imine (C=N–C) groups is 1. The van der Waals surface area contributed by atoms with Gasteiger partial charge in [-0.25, -0.2) is 0 Å². The van der Waals surface area contributed by atoms with Crippen molar-refractivity contribution >= 4 is 34.4 Å². The topological polar surface area (TPSA) is 112 Å². The Hall–Kier alpha value is -2.83. The number of H-pyrrole nitrogens is 1. The molecule has 0 bridgehead atoms.